The Labute approximate surface area is 112 Å². The summed E-state index contributed by atoms with van der Waals surface area (Å²) >= 11 is 0. The zero-order valence-electron chi connectivity index (χ0n) is 12.1. The molecule has 1 unspecified atom stereocenters. The molecule has 0 radical (unpaired) electrons. The Balaban J connectivity index is 1.51. The molecule has 3 rings (SSSR count). The maximum atomic E-state index is 6.11. The lowest BCUT2D eigenvalue weighted by molar-refractivity contribution is -0.0841. The number of ether oxygens (including phenoxy) is 1. The van der Waals surface area contributed by atoms with Crippen LogP contribution in [-0.2, 0) is 4.74 Å². The lowest BCUT2D eigenvalue weighted by atomic mass is 9.87. The SMILES string of the molecule is CC(C)C1(CNC2CCOC3(CCCC3)C2)CC1. The minimum absolute atomic E-state index is 0.268. The minimum atomic E-state index is 0.268. The van der Waals surface area contributed by atoms with E-state index in [0.717, 1.165) is 12.5 Å². The molecule has 104 valence electrons. The van der Waals surface area contributed by atoms with Gasteiger partial charge in [0.1, 0.15) is 0 Å². The van der Waals surface area contributed by atoms with Crippen LogP contribution in [0.25, 0.3) is 0 Å². The third-order valence-electron chi connectivity index (χ3n) is 5.87. The average Bonchev–Trinajstić information content (AvgIpc) is 3.04. The first-order valence-electron chi connectivity index (χ1n) is 8.02. The molecule has 1 N–H and O–H groups in total. The molecule has 1 aliphatic heterocycles. The zero-order chi connectivity index (χ0) is 12.6. The summed E-state index contributed by atoms with van der Waals surface area (Å²) in [5, 5.41) is 3.88. The number of hydrogen-bond acceptors (Lipinski definition) is 2. The fourth-order valence-corrected chi connectivity index (χ4v) is 4.04. The summed E-state index contributed by atoms with van der Waals surface area (Å²) < 4.78 is 6.11. The van der Waals surface area contributed by atoms with Crippen LogP contribution in [0.2, 0.25) is 0 Å². The quantitative estimate of drug-likeness (QED) is 0.825. The lowest BCUT2D eigenvalue weighted by Gasteiger charge is -2.39. The van der Waals surface area contributed by atoms with E-state index in [1.54, 1.807) is 0 Å². The van der Waals surface area contributed by atoms with Gasteiger partial charge in [0, 0.05) is 19.2 Å². The van der Waals surface area contributed by atoms with Crippen LogP contribution in [0, 0.1) is 11.3 Å². The molecule has 2 saturated carbocycles. The molecule has 1 heterocycles. The molecular weight excluding hydrogens is 222 g/mol. The van der Waals surface area contributed by atoms with E-state index in [2.05, 4.69) is 19.2 Å². The van der Waals surface area contributed by atoms with Crippen LogP contribution in [0.3, 0.4) is 0 Å². The molecule has 0 aromatic rings. The van der Waals surface area contributed by atoms with Gasteiger partial charge in [0.2, 0.25) is 0 Å². The van der Waals surface area contributed by atoms with Gasteiger partial charge in [-0.15, -0.1) is 0 Å². The van der Waals surface area contributed by atoms with Gasteiger partial charge in [0.15, 0.2) is 0 Å². The number of nitrogens with one attached hydrogen (secondary N) is 1. The second-order valence-electron chi connectivity index (χ2n) is 7.33. The Morgan fingerprint density at radius 1 is 1.17 bits per heavy atom. The van der Waals surface area contributed by atoms with Crippen LogP contribution < -0.4 is 5.32 Å². The van der Waals surface area contributed by atoms with Crippen LogP contribution in [0.1, 0.15) is 65.2 Å². The molecule has 2 nitrogen and oxygen atoms in total. The number of rotatable bonds is 4. The van der Waals surface area contributed by atoms with Gasteiger partial charge in [-0.3, -0.25) is 0 Å². The highest BCUT2D eigenvalue weighted by Crippen LogP contribution is 2.51. The molecule has 18 heavy (non-hydrogen) atoms. The van der Waals surface area contributed by atoms with Crippen LogP contribution in [0.15, 0.2) is 0 Å². The lowest BCUT2D eigenvalue weighted by Crippen LogP contribution is -2.47. The van der Waals surface area contributed by atoms with Gasteiger partial charge in [-0.05, 0) is 49.9 Å². The maximum absolute atomic E-state index is 6.11. The molecule has 3 aliphatic rings. The van der Waals surface area contributed by atoms with E-state index in [0.29, 0.717) is 11.5 Å². The van der Waals surface area contributed by atoms with E-state index in [1.165, 1.54) is 57.9 Å². The van der Waals surface area contributed by atoms with E-state index in [-0.39, 0.29) is 5.60 Å². The smallest absolute Gasteiger partial charge is 0.0697 e. The van der Waals surface area contributed by atoms with Crippen LogP contribution in [-0.4, -0.2) is 24.8 Å². The zero-order valence-corrected chi connectivity index (χ0v) is 12.1. The largest absolute Gasteiger partial charge is 0.375 e. The second kappa shape index (κ2) is 4.79. The maximum Gasteiger partial charge on any atom is 0.0697 e. The normalized spacial score (nSPS) is 33.2. The van der Waals surface area contributed by atoms with Gasteiger partial charge >= 0.3 is 0 Å². The average molecular weight is 251 g/mol. The highest BCUT2D eigenvalue weighted by molar-refractivity contribution is 4.99. The summed E-state index contributed by atoms with van der Waals surface area (Å²) in [6.45, 7) is 6.99. The van der Waals surface area contributed by atoms with Crippen molar-refractivity contribution in [2.24, 2.45) is 11.3 Å². The summed E-state index contributed by atoms with van der Waals surface area (Å²) in [7, 11) is 0. The molecule has 2 heteroatoms. The van der Waals surface area contributed by atoms with Crippen molar-refractivity contribution in [2.45, 2.75) is 76.9 Å². The Kier molecular flexibility index (Phi) is 3.44. The predicted octanol–water partition coefficient (Wildman–Crippen LogP) is 3.50. The topological polar surface area (TPSA) is 21.3 Å². The predicted molar refractivity (Wildman–Crippen MR) is 74.7 cm³/mol. The number of hydrogen-bond donors (Lipinski definition) is 1. The first-order chi connectivity index (χ1) is 8.64. The van der Waals surface area contributed by atoms with Crippen molar-refractivity contribution in [2.75, 3.05) is 13.2 Å². The van der Waals surface area contributed by atoms with Crippen molar-refractivity contribution in [3.63, 3.8) is 0 Å². The van der Waals surface area contributed by atoms with Crippen molar-refractivity contribution in [3.8, 4) is 0 Å². The van der Waals surface area contributed by atoms with Gasteiger partial charge in [-0.1, -0.05) is 26.7 Å². The summed E-state index contributed by atoms with van der Waals surface area (Å²) in [5.41, 5.74) is 0.908. The Bertz CT molecular complexity index is 289. The van der Waals surface area contributed by atoms with E-state index in [9.17, 15) is 0 Å². The molecule has 1 saturated heterocycles. The third kappa shape index (κ3) is 2.46. The fraction of sp³-hybridized carbons (Fsp3) is 1.00. The van der Waals surface area contributed by atoms with Gasteiger partial charge in [-0.2, -0.15) is 0 Å². The van der Waals surface area contributed by atoms with Crippen molar-refractivity contribution >= 4 is 0 Å². The van der Waals surface area contributed by atoms with Gasteiger partial charge in [-0.25, -0.2) is 0 Å². The van der Waals surface area contributed by atoms with Crippen LogP contribution in [0.5, 0.6) is 0 Å². The first-order valence-corrected chi connectivity index (χ1v) is 8.02. The van der Waals surface area contributed by atoms with Gasteiger partial charge in [0.05, 0.1) is 5.60 Å². The Hall–Kier alpha value is -0.0800. The van der Waals surface area contributed by atoms with E-state index in [1.807, 2.05) is 0 Å². The van der Waals surface area contributed by atoms with Crippen molar-refractivity contribution < 1.29 is 4.74 Å². The monoisotopic (exact) mass is 251 g/mol. The Morgan fingerprint density at radius 2 is 1.89 bits per heavy atom. The Morgan fingerprint density at radius 3 is 2.50 bits per heavy atom. The van der Waals surface area contributed by atoms with E-state index in [4.69, 9.17) is 4.74 Å². The highest BCUT2D eigenvalue weighted by Gasteiger charge is 2.46. The molecular formula is C16H29NO. The highest BCUT2D eigenvalue weighted by atomic mass is 16.5. The minimum Gasteiger partial charge on any atom is -0.375 e. The summed E-state index contributed by atoms with van der Waals surface area (Å²) in [6, 6.07) is 0.716. The molecule has 2 aliphatic carbocycles. The van der Waals surface area contributed by atoms with Crippen LogP contribution >= 0.6 is 0 Å². The fourth-order valence-electron chi connectivity index (χ4n) is 4.04. The molecule has 0 aromatic carbocycles. The van der Waals surface area contributed by atoms with Gasteiger partial charge < -0.3 is 10.1 Å². The van der Waals surface area contributed by atoms with Crippen molar-refractivity contribution in [1.82, 2.24) is 5.32 Å². The molecule has 1 spiro atoms. The van der Waals surface area contributed by atoms with E-state index >= 15 is 0 Å². The molecule has 0 aromatic heterocycles. The molecule has 0 bridgehead atoms. The van der Waals surface area contributed by atoms with Gasteiger partial charge in [0.25, 0.3) is 0 Å². The standard InChI is InChI=1S/C16H29NO/c1-13(2)15(8-9-15)12-17-14-5-10-18-16(11-14)6-3-4-7-16/h13-14,17H,3-12H2,1-2H3. The molecule has 1 atom stereocenters. The second-order valence-corrected chi connectivity index (χ2v) is 7.33. The third-order valence-corrected chi connectivity index (χ3v) is 5.87. The van der Waals surface area contributed by atoms with Crippen molar-refractivity contribution in [1.29, 1.82) is 0 Å². The summed E-state index contributed by atoms with van der Waals surface area (Å²) in [5.74, 6) is 0.838. The molecule has 3 fully saturated rings. The van der Waals surface area contributed by atoms with Crippen molar-refractivity contribution in [3.05, 3.63) is 0 Å². The molecule has 0 amide bonds. The first kappa shape index (κ1) is 12.9. The summed E-state index contributed by atoms with van der Waals surface area (Å²) in [6.07, 6.45) is 10.7. The summed E-state index contributed by atoms with van der Waals surface area (Å²) in [4.78, 5) is 0. The van der Waals surface area contributed by atoms with E-state index < -0.39 is 0 Å². The van der Waals surface area contributed by atoms with Crippen LogP contribution in [0.4, 0.5) is 0 Å².